The van der Waals surface area contributed by atoms with Gasteiger partial charge in [-0.15, -0.1) is 0 Å². The molecular weight excluding hydrogens is 383 g/mol. The fourth-order valence-corrected chi connectivity index (χ4v) is 4.84. The number of nitrogens with two attached hydrogens (primary N) is 1. The molecule has 144 valence electrons. The number of rotatable bonds is 2. The minimum Gasteiger partial charge on any atom is -0.356 e. The molecule has 7 heteroatoms. The maximum absolute atomic E-state index is 13.1. The Hall–Kier alpha value is -1.56. The molecule has 1 unspecified atom stereocenters. The summed E-state index contributed by atoms with van der Waals surface area (Å²) in [4.78, 5) is 20.1. The van der Waals surface area contributed by atoms with E-state index >= 15 is 0 Å². The number of halogens is 2. The van der Waals surface area contributed by atoms with Crippen molar-refractivity contribution in [2.45, 2.75) is 45.6 Å². The maximum Gasteiger partial charge on any atom is 0.263 e. The van der Waals surface area contributed by atoms with Crippen LogP contribution in [0.15, 0.2) is 23.0 Å². The quantitative estimate of drug-likeness (QED) is 0.821. The second kappa shape index (κ2) is 6.80. The first-order valence-electron chi connectivity index (χ1n) is 9.39. The van der Waals surface area contributed by atoms with Gasteiger partial charge in [-0.05, 0) is 57.1 Å². The fraction of sp³-hybridized carbons (Fsp3) is 0.500. The second-order valence-corrected chi connectivity index (χ2v) is 8.60. The number of piperidine rings is 1. The Labute approximate surface area is 169 Å². The third-order valence-electron chi connectivity index (χ3n) is 6.42. The summed E-state index contributed by atoms with van der Waals surface area (Å²) in [6.45, 7) is 5.44. The SMILES string of the molecule is Cc1c(N2CCC3(CCC3N)CC2)nc(C)n(-c2cccc(Cl)c2Cl)c1=O. The van der Waals surface area contributed by atoms with Crippen LogP contribution in [0.25, 0.3) is 5.69 Å². The summed E-state index contributed by atoms with van der Waals surface area (Å²) in [5.74, 6) is 1.38. The lowest BCUT2D eigenvalue weighted by Gasteiger charge is -2.52. The normalized spacial score (nSPS) is 21.4. The van der Waals surface area contributed by atoms with Crippen molar-refractivity contribution in [2.75, 3.05) is 18.0 Å². The molecule has 1 saturated heterocycles. The van der Waals surface area contributed by atoms with Crippen molar-refractivity contribution in [3.63, 3.8) is 0 Å². The number of benzene rings is 1. The van der Waals surface area contributed by atoms with Crippen LogP contribution < -0.4 is 16.2 Å². The van der Waals surface area contributed by atoms with E-state index in [0.29, 0.717) is 38.6 Å². The van der Waals surface area contributed by atoms with Crippen molar-refractivity contribution in [1.29, 1.82) is 0 Å². The van der Waals surface area contributed by atoms with Gasteiger partial charge < -0.3 is 10.6 Å². The Bertz CT molecular complexity index is 948. The van der Waals surface area contributed by atoms with Gasteiger partial charge in [0.15, 0.2) is 0 Å². The summed E-state index contributed by atoms with van der Waals surface area (Å²) in [6.07, 6.45) is 4.49. The number of nitrogens with zero attached hydrogens (tertiary/aromatic N) is 3. The van der Waals surface area contributed by atoms with Crippen LogP contribution in [-0.4, -0.2) is 28.7 Å². The molecule has 1 aliphatic carbocycles. The van der Waals surface area contributed by atoms with Crippen LogP contribution in [0.5, 0.6) is 0 Å². The molecule has 2 heterocycles. The van der Waals surface area contributed by atoms with Crippen LogP contribution in [-0.2, 0) is 0 Å². The highest BCUT2D eigenvalue weighted by molar-refractivity contribution is 6.43. The Balaban J connectivity index is 1.69. The molecule has 5 nitrogen and oxygen atoms in total. The Morgan fingerprint density at radius 2 is 1.89 bits per heavy atom. The fourth-order valence-electron chi connectivity index (χ4n) is 4.46. The van der Waals surface area contributed by atoms with E-state index in [1.807, 2.05) is 13.8 Å². The van der Waals surface area contributed by atoms with Crippen LogP contribution in [0.4, 0.5) is 5.82 Å². The van der Waals surface area contributed by atoms with Crippen LogP contribution in [0.2, 0.25) is 10.0 Å². The van der Waals surface area contributed by atoms with Crippen molar-refractivity contribution >= 4 is 29.0 Å². The van der Waals surface area contributed by atoms with Gasteiger partial charge in [-0.25, -0.2) is 4.98 Å². The lowest BCUT2D eigenvalue weighted by Crippen LogP contribution is -2.56. The number of hydrogen-bond acceptors (Lipinski definition) is 4. The highest BCUT2D eigenvalue weighted by Crippen LogP contribution is 2.48. The summed E-state index contributed by atoms with van der Waals surface area (Å²) in [5, 5.41) is 0.776. The minimum atomic E-state index is -0.109. The molecule has 1 saturated carbocycles. The molecule has 2 N–H and O–H groups in total. The molecule has 1 aliphatic heterocycles. The van der Waals surface area contributed by atoms with Gasteiger partial charge in [0.2, 0.25) is 0 Å². The lowest BCUT2D eigenvalue weighted by molar-refractivity contribution is 0.0610. The average molecular weight is 407 g/mol. The molecule has 27 heavy (non-hydrogen) atoms. The number of hydrogen-bond donors (Lipinski definition) is 1. The third-order valence-corrected chi connectivity index (χ3v) is 7.23. The minimum absolute atomic E-state index is 0.109. The van der Waals surface area contributed by atoms with E-state index in [2.05, 4.69) is 4.90 Å². The molecule has 0 amide bonds. The molecule has 2 aliphatic rings. The summed E-state index contributed by atoms with van der Waals surface area (Å²) in [6, 6.07) is 5.60. The molecule has 4 rings (SSSR count). The predicted molar refractivity (Wildman–Crippen MR) is 110 cm³/mol. The van der Waals surface area contributed by atoms with E-state index in [9.17, 15) is 4.79 Å². The highest BCUT2D eigenvalue weighted by atomic mass is 35.5. The van der Waals surface area contributed by atoms with E-state index in [1.165, 1.54) is 6.42 Å². The molecule has 2 aromatic rings. The molecule has 0 bridgehead atoms. The molecule has 0 radical (unpaired) electrons. The first-order chi connectivity index (χ1) is 12.8. The van der Waals surface area contributed by atoms with Gasteiger partial charge in [-0.2, -0.15) is 0 Å². The van der Waals surface area contributed by atoms with Crippen molar-refractivity contribution in [3.05, 3.63) is 50.0 Å². The predicted octanol–water partition coefficient (Wildman–Crippen LogP) is 3.86. The third kappa shape index (κ3) is 2.96. The largest absolute Gasteiger partial charge is 0.356 e. The van der Waals surface area contributed by atoms with Gasteiger partial charge >= 0.3 is 0 Å². The summed E-state index contributed by atoms with van der Waals surface area (Å²) < 4.78 is 1.54. The lowest BCUT2D eigenvalue weighted by atomic mass is 9.60. The van der Waals surface area contributed by atoms with Gasteiger partial charge in [-0.1, -0.05) is 29.3 Å². The smallest absolute Gasteiger partial charge is 0.263 e. The second-order valence-electron chi connectivity index (χ2n) is 7.82. The number of aromatic nitrogens is 2. The van der Waals surface area contributed by atoms with Crippen molar-refractivity contribution < 1.29 is 0 Å². The van der Waals surface area contributed by atoms with Crippen LogP contribution in [0.3, 0.4) is 0 Å². The summed E-state index contributed by atoms with van der Waals surface area (Å²) in [5.41, 5.74) is 7.64. The monoisotopic (exact) mass is 406 g/mol. The van der Waals surface area contributed by atoms with Crippen LogP contribution >= 0.6 is 23.2 Å². The maximum atomic E-state index is 13.1. The molecule has 1 aromatic heterocycles. The van der Waals surface area contributed by atoms with Gasteiger partial charge in [0.25, 0.3) is 5.56 Å². The molecule has 1 aromatic carbocycles. The van der Waals surface area contributed by atoms with Gasteiger partial charge in [-0.3, -0.25) is 9.36 Å². The Kier molecular flexibility index (Phi) is 4.73. The zero-order valence-electron chi connectivity index (χ0n) is 15.6. The van der Waals surface area contributed by atoms with Gasteiger partial charge in [0.1, 0.15) is 11.6 Å². The zero-order valence-corrected chi connectivity index (χ0v) is 17.1. The zero-order chi connectivity index (χ0) is 19.3. The van der Waals surface area contributed by atoms with Crippen LogP contribution in [0.1, 0.15) is 37.1 Å². The first-order valence-corrected chi connectivity index (χ1v) is 10.1. The van der Waals surface area contributed by atoms with E-state index in [1.54, 1.807) is 22.8 Å². The van der Waals surface area contributed by atoms with E-state index < -0.39 is 0 Å². The highest BCUT2D eigenvalue weighted by Gasteiger charge is 2.46. The van der Waals surface area contributed by atoms with E-state index in [-0.39, 0.29) is 5.56 Å². The van der Waals surface area contributed by atoms with E-state index in [0.717, 1.165) is 38.2 Å². The number of aryl methyl sites for hydroxylation is 1. The van der Waals surface area contributed by atoms with Gasteiger partial charge in [0.05, 0.1) is 21.3 Å². The topological polar surface area (TPSA) is 64.2 Å². The van der Waals surface area contributed by atoms with E-state index in [4.69, 9.17) is 33.9 Å². The van der Waals surface area contributed by atoms with Crippen molar-refractivity contribution in [1.82, 2.24) is 9.55 Å². The number of anilines is 1. The van der Waals surface area contributed by atoms with Crippen molar-refractivity contribution in [3.8, 4) is 5.69 Å². The Morgan fingerprint density at radius 1 is 1.19 bits per heavy atom. The first kappa shape index (κ1) is 18.8. The summed E-state index contributed by atoms with van der Waals surface area (Å²) >= 11 is 12.5. The molecule has 1 spiro atoms. The summed E-state index contributed by atoms with van der Waals surface area (Å²) in [7, 11) is 0. The molecule has 2 fully saturated rings. The standard InChI is InChI=1S/C20H24Cl2N4O/c1-12-18(25-10-8-20(9-11-25)7-6-16(20)23)24-13(2)26(19(12)27)15-5-3-4-14(21)17(15)22/h3-5,16H,6-11,23H2,1-2H3. The van der Waals surface area contributed by atoms with Gasteiger partial charge in [0, 0.05) is 19.1 Å². The van der Waals surface area contributed by atoms with Crippen LogP contribution in [0, 0.1) is 19.3 Å². The van der Waals surface area contributed by atoms with Crippen molar-refractivity contribution in [2.24, 2.45) is 11.1 Å². The molecular formula is C20H24Cl2N4O. The average Bonchev–Trinajstić information content (AvgIpc) is 2.67. The molecule has 1 atom stereocenters. The Morgan fingerprint density at radius 3 is 2.48 bits per heavy atom.